The van der Waals surface area contributed by atoms with Crippen molar-refractivity contribution in [3.8, 4) is 0 Å². The van der Waals surface area contributed by atoms with E-state index in [1.807, 2.05) is 26.0 Å². The van der Waals surface area contributed by atoms with Gasteiger partial charge in [-0.05, 0) is 45.4 Å². The van der Waals surface area contributed by atoms with E-state index < -0.39 is 24.7 Å². The van der Waals surface area contributed by atoms with Gasteiger partial charge in [0.2, 0.25) is 11.8 Å². The topological polar surface area (TPSA) is 52.7 Å². The van der Waals surface area contributed by atoms with Crippen molar-refractivity contribution >= 4 is 17.5 Å². The zero-order chi connectivity index (χ0) is 20.6. The molecule has 8 heteroatoms. The maximum Gasteiger partial charge on any atom is 0.406 e. The molecule has 152 valence electrons. The van der Waals surface area contributed by atoms with Crippen LogP contribution >= 0.6 is 0 Å². The molecule has 0 unspecified atom stereocenters. The normalized spacial score (nSPS) is 11.7. The third-order valence-electron chi connectivity index (χ3n) is 3.98. The Balaban J connectivity index is 2.75. The lowest BCUT2D eigenvalue weighted by atomic mass is 10.2. The molecule has 5 nitrogen and oxygen atoms in total. The van der Waals surface area contributed by atoms with E-state index >= 15 is 0 Å². The number of nitrogens with one attached hydrogen (secondary N) is 1. The Labute approximate surface area is 158 Å². The summed E-state index contributed by atoms with van der Waals surface area (Å²) in [6.07, 6.45) is -3.79. The van der Waals surface area contributed by atoms with E-state index in [0.29, 0.717) is 18.7 Å². The summed E-state index contributed by atoms with van der Waals surface area (Å²) >= 11 is 0. The lowest BCUT2D eigenvalue weighted by Gasteiger charge is -2.30. The number of alkyl halides is 3. The fraction of sp³-hybridized carbons (Fsp3) is 0.579. The second-order valence-electron chi connectivity index (χ2n) is 6.80. The largest absolute Gasteiger partial charge is 0.406 e. The van der Waals surface area contributed by atoms with Crippen molar-refractivity contribution in [3.05, 3.63) is 29.8 Å². The number of hydrogen-bond acceptors (Lipinski definition) is 3. The zero-order valence-corrected chi connectivity index (χ0v) is 16.3. The number of para-hydroxylation sites is 1. The first-order chi connectivity index (χ1) is 12.5. The highest BCUT2D eigenvalue weighted by atomic mass is 19.4. The molecule has 0 aliphatic carbocycles. The third kappa shape index (κ3) is 8.43. The molecule has 0 aliphatic heterocycles. The van der Waals surface area contributed by atoms with Crippen molar-refractivity contribution in [1.82, 2.24) is 9.80 Å². The second-order valence-corrected chi connectivity index (χ2v) is 6.80. The Morgan fingerprint density at radius 2 is 1.78 bits per heavy atom. The van der Waals surface area contributed by atoms with Gasteiger partial charge in [0.1, 0.15) is 6.54 Å². The van der Waals surface area contributed by atoms with Gasteiger partial charge >= 0.3 is 6.18 Å². The summed E-state index contributed by atoms with van der Waals surface area (Å²) in [4.78, 5) is 27.1. The number of rotatable bonds is 9. The van der Waals surface area contributed by atoms with Gasteiger partial charge < -0.3 is 10.2 Å². The third-order valence-corrected chi connectivity index (χ3v) is 3.98. The van der Waals surface area contributed by atoms with Crippen molar-refractivity contribution in [3.63, 3.8) is 0 Å². The van der Waals surface area contributed by atoms with Gasteiger partial charge in [-0.15, -0.1) is 0 Å². The van der Waals surface area contributed by atoms with Crippen LogP contribution in [0.25, 0.3) is 0 Å². The highest BCUT2D eigenvalue weighted by Crippen LogP contribution is 2.18. The summed E-state index contributed by atoms with van der Waals surface area (Å²) in [6, 6.07) is 6.71. The number of aryl methyl sites for hydroxylation is 1. The van der Waals surface area contributed by atoms with Crippen molar-refractivity contribution in [1.29, 1.82) is 0 Å². The number of anilines is 1. The fourth-order valence-corrected chi connectivity index (χ4v) is 2.67. The van der Waals surface area contributed by atoms with Crippen LogP contribution in [0, 0.1) is 6.92 Å². The van der Waals surface area contributed by atoms with Gasteiger partial charge in [0, 0.05) is 11.7 Å². The molecule has 0 aliphatic rings. The predicted octanol–water partition coefficient (Wildman–Crippen LogP) is 3.44. The number of carbonyl (C=O) groups is 2. The van der Waals surface area contributed by atoms with Gasteiger partial charge in [0.25, 0.3) is 0 Å². The van der Waals surface area contributed by atoms with Crippen LogP contribution in [0.15, 0.2) is 24.3 Å². The van der Waals surface area contributed by atoms with Crippen LogP contribution in [-0.2, 0) is 9.59 Å². The SMILES string of the molecule is CCCN(CC(=O)Nc1ccccc1C)CC(=O)N(CC(F)(F)F)C(C)C. The molecule has 1 N–H and O–H groups in total. The molecular formula is C19H28F3N3O2. The molecule has 0 atom stereocenters. The van der Waals surface area contributed by atoms with Crippen LogP contribution in [0.2, 0.25) is 0 Å². The average Bonchev–Trinajstić information content (AvgIpc) is 2.53. The van der Waals surface area contributed by atoms with E-state index in [1.165, 1.54) is 0 Å². The number of carbonyl (C=O) groups excluding carboxylic acids is 2. The van der Waals surface area contributed by atoms with Crippen molar-refractivity contribution in [2.45, 2.75) is 46.3 Å². The van der Waals surface area contributed by atoms with E-state index in [0.717, 1.165) is 10.5 Å². The van der Waals surface area contributed by atoms with Gasteiger partial charge in [-0.3, -0.25) is 14.5 Å². The average molecular weight is 387 g/mol. The molecule has 0 heterocycles. The molecule has 0 saturated heterocycles. The minimum Gasteiger partial charge on any atom is -0.330 e. The number of hydrogen-bond donors (Lipinski definition) is 1. The van der Waals surface area contributed by atoms with Crippen LogP contribution < -0.4 is 5.32 Å². The number of amides is 2. The van der Waals surface area contributed by atoms with Gasteiger partial charge in [-0.2, -0.15) is 13.2 Å². The summed E-state index contributed by atoms with van der Waals surface area (Å²) in [6.45, 7) is 5.67. The Morgan fingerprint density at radius 3 is 2.30 bits per heavy atom. The zero-order valence-electron chi connectivity index (χ0n) is 16.3. The molecule has 0 radical (unpaired) electrons. The molecule has 27 heavy (non-hydrogen) atoms. The van der Waals surface area contributed by atoms with Crippen molar-refractivity contribution in [2.75, 3.05) is 31.5 Å². The number of benzene rings is 1. The molecule has 0 saturated carbocycles. The molecule has 1 rings (SSSR count). The molecule has 1 aromatic rings. The Bertz CT molecular complexity index is 633. The van der Waals surface area contributed by atoms with Crippen LogP contribution in [-0.4, -0.2) is 60.0 Å². The Hall–Kier alpha value is -2.09. The van der Waals surface area contributed by atoms with E-state index in [1.54, 1.807) is 30.9 Å². The van der Waals surface area contributed by atoms with Gasteiger partial charge in [0.05, 0.1) is 13.1 Å². The summed E-state index contributed by atoms with van der Waals surface area (Å²) in [7, 11) is 0. The maximum atomic E-state index is 12.7. The van der Waals surface area contributed by atoms with E-state index in [2.05, 4.69) is 5.32 Å². The summed E-state index contributed by atoms with van der Waals surface area (Å²) in [5, 5.41) is 2.78. The van der Waals surface area contributed by atoms with E-state index in [4.69, 9.17) is 0 Å². The molecule has 0 spiro atoms. The van der Waals surface area contributed by atoms with Crippen LogP contribution in [0.4, 0.5) is 18.9 Å². The quantitative estimate of drug-likeness (QED) is 0.706. The predicted molar refractivity (Wildman–Crippen MR) is 99.4 cm³/mol. The lowest BCUT2D eigenvalue weighted by molar-refractivity contribution is -0.165. The molecule has 0 fully saturated rings. The van der Waals surface area contributed by atoms with Gasteiger partial charge in [0.15, 0.2) is 0 Å². The highest BCUT2D eigenvalue weighted by molar-refractivity contribution is 5.93. The molecule has 0 bridgehead atoms. The summed E-state index contributed by atoms with van der Waals surface area (Å²) in [5.74, 6) is -0.947. The lowest BCUT2D eigenvalue weighted by Crippen LogP contribution is -2.48. The van der Waals surface area contributed by atoms with Crippen LogP contribution in [0.5, 0.6) is 0 Å². The van der Waals surface area contributed by atoms with Crippen molar-refractivity contribution in [2.24, 2.45) is 0 Å². The minimum absolute atomic E-state index is 0.0636. The van der Waals surface area contributed by atoms with Gasteiger partial charge in [-0.1, -0.05) is 25.1 Å². The maximum absolute atomic E-state index is 12.7. The number of halogens is 3. The standard InChI is InChI=1S/C19H28F3N3O2/c1-5-10-24(11-17(26)23-16-9-7-6-8-15(16)4)12-18(27)25(14(2)3)13-19(20,21)22/h6-9,14H,5,10-13H2,1-4H3,(H,23,26). The molecule has 1 aromatic carbocycles. The minimum atomic E-state index is -4.46. The first-order valence-corrected chi connectivity index (χ1v) is 8.97. The first kappa shape index (κ1) is 23.0. The Kier molecular flexibility index (Phi) is 8.75. The Morgan fingerprint density at radius 1 is 1.15 bits per heavy atom. The smallest absolute Gasteiger partial charge is 0.330 e. The van der Waals surface area contributed by atoms with Crippen LogP contribution in [0.1, 0.15) is 32.8 Å². The van der Waals surface area contributed by atoms with Gasteiger partial charge in [-0.25, -0.2) is 0 Å². The first-order valence-electron chi connectivity index (χ1n) is 8.97. The molecular weight excluding hydrogens is 359 g/mol. The fourth-order valence-electron chi connectivity index (χ4n) is 2.67. The van der Waals surface area contributed by atoms with E-state index in [9.17, 15) is 22.8 Å². The van der Waals surface area contributed by atoms with Crippen LogP contribution in [0.3, 0.4) is 0 Å². The van der Waals surface area contributed by atoms with Crippen molar-refractivity contribution < 1.29 is 22.8 Å². The summed E-state index contributed by atoms with van der Waals surface area (Å²) in [5.41, 5.74) is 1.58. The second kappa shape index (κ2) is 10.3. The van der Waals surface area contributed by atoms with E-state index in [-0.39, 0.29) is 19.0 Å². The highest BCUT2D eigenvalue weighted by Gasteiger charge is 2.34. The molecule has 0 aromatic heterocycles. The number of nitrogens with zero attached hydrogens (tertiary/aromatic N) is 2. The monoisotopic (exact) mass is 387 g/mol. The summed E-state index contributed by atoms with van der Waals surface area (Å²) < 4.78 is 38.2. The molecule has 2 amide bonds.